The maximum Gasteiger partial charge on any atom is 0.573 e. The number of ether oxygens (including phenoxy) is 3. The van der Waals surface area contributed by atoms with Crippen LogP contribution >= 0.6 is 0 Å². The van der Waals surface area contributed by atoms with E-state index in [1.165, 1.54) is 31.4 Å². The molecule has 7 nitrogen and oxygen atoms in total. The molecule has 2 N–H and O–H groups in total. The highest BCUT2D eigenvalue weighted by Gasteiger charge is 2.31. The summed E-state index contributed by atoms with van der Waals surface area (Å²) in [6.45, 7) is 1.56. The van der Waals surface area contributed by atoms with Crippen molar-refractivity contribution in [2.24, 2.45) is 0 Å². The van der Waals surface area contributed by atoms with Gasteiger partial charge in [0.25, 0.3) is 0 Å². The molecule has 2 heterocycles. The van der Waals surface area contributed by atoms with Gasteiger partial charge in [-0.05, 0) is 60.4 Å². The van der Waals surface area contributed by atoms with Gasteiger partial charge >= 0.3 is 6.36 Å². The number of aliphatic hydroxyl groups excluding tert-OH is 1. The van der Waals surface area contributed by atoms with Crippen LogP contribution in [0.1, 0.15) is 41.9 Å². The fraction of sp³-hybridized carbons (Fsp3) is 0.321. The number of imidazole rings is 1. The van der Waals surface area contributed by atoms with E-state index in [1.54, 1.807) is 18.2 Å². The van der Waals surface area contributed by atoms with Crippen LogP contribution in [-0.4, -0.2) is 46.5 Å². The zero-order valence-corrected chi connectivity index (χ0v) is 20.7. The van der Waals surface area contributed by atoms with Crippen LogP contribution in [0.25, 0.3) is 11.0 Å². The van der Waals surface area contributed by atoms with E-state index in [0.717, 1.165) is 42.8 Å². The number of hydrogen-bond acceptors (Lipinski definition) is 6. The monoisotopic (exact) mass is 527 g/mol. The Morgan fingerprint density at radius 1 is 1.03 bits per heavy atom. The number of nitrogens with one attached hydrogen (secondary N) is 1. The van der Waals surface area contributed by atoms with Crippen LogP contribution < -0.4 is 14.2 Å². The fourth-order valence-electron chi connectivity index (χ4n) is 4.71. The van der Waals surface area contributed by atoms with Gasteiger partial charge in [0.1, 0.15) is 24.4 Å². The molecule has 4 aromatic rings. The van der Waals surface area contributed by atoms with Gasteiger partial charge in [0, 0.05) is 19.0 Å². The maximum absolute atomic E-state index is 12.3. The van der Waals surface area contributed by atoms with Crippen LogP contribution in [-0.2, 0) is 6.61 Å². The topological polar surface area (TPSA) is 79.8 Å². The predicted octanol–water partition coefficient (Wildman–Crippen LogP) is 5.92. The highest BCUT2D eigenvalue weighted by atomic mass is 19.4. The van der Waals surface area contributed by atoms with E-state index in [1.807, 2.05) is 29.2 Å². The average Bonchev–Trinajstić information content (AvgIpc) is 3.36. The summed E-state index contributed by atoms with van der Waals surface area (Å²) in [5.74, 6) is 1.92. The van der Waals surface area contributed by atoms with Gasteiger partial charge in [-0.3, -0.25) is 4.90 Å². The third kappa shape index (κ3) is 6.03. The molecular formula is C28H28F3N3O4. The second-order valence-corrected chi connectivity index (χ2v) is 9.21. The lowest BCUT2D eigenvalue weighted by Crippen LogP contribution is -2.36. The number of alkyl halides is 3. The summed E-state index contributed by atoms with van der Waals surface area (Å²) in [4.78, 5) is 10.2. The molecule has 1 unspecified atom stereocenters. The Bertz CT molecular complexity index is 1330. The Morgan fingerprint density at radius 2 is 1.76 bits per heavy atom. The predicted molar refractivity (Wildman–Crippen MR) is 135 cm³/mol. The van der Waals surface area contributed by atoms with E-state index >= 15 is 0 Å². The summed E-state index contributed by atoms with van der Waals surface area (Å²) in [5, 5.41) is 11.1. The third-order valence-electron chi connectivity index (χ3n) is 6.71. The Kier molecular flexibility index (Phi) is 7.44. The molecule has 1 aliphatic heterocycles. The number of H-pyrrole nitrogens is 1. The number of aliphatic hydroxyl groups is 1. The van der Waals surface area contributed by atoms with Gasteiger partial charge in [0.15, 0.2) is 11.5 Å². The second-order valence-electron chi connectivity index (χ2n) is 9.21. The van der Waals surface area contributed by atoms with Crippen molar-refractivity contribution in [2.45, 2.75) is 38.0 Å². The van der Waals surface area contributed by atoms with Crippen molar-refractivity contribution in [1.82, 2.24) is 14.9 Å². The molecule has 1 saturated heterocycles. The van der Waals surface area contributed by atoms with E-state index in [2.05, 4.69) is 9.72 Å². The SMILES string of the molecule is COc1cc(C(O)N2CCC(c3nc4ccccc4[nH]3)CC2)ccc1OCc1ccc(OC(F)(F)F)cc1. The lowest BCUT2D eigenvalue weighted by molar-refractivity contribution is -0.274. The number of aromatic nitrogens is 2. The number of piperidine rings is 1. The number of benzene rings is 3. The molecule has 5 rings (SSSR count). The van der Waals surface area contributed by atoms with Gasteiger partial charge in [-0.1, -0.05) is 30.3 Å². The molecule has 200 valence electrons. The number of aromatic amines is 1. The fourth-order valence-corrected chi connectivity index (χ4v) is 4.71. The summed E-state index contributed by atoms with van der Waals surface area (Å²) >= 11 is 0. The third-order valence-corrected chi connectivity index (χ3v) is 6.71. The van der Waals surface area contributed by atoms with E-state index in [0.29, 0.717) is 28.5 Å². The van der Waals surface area contributed by atoms with Crippen molar-refractivity contribution in [2.75, 3.05) is 20.2 Å². The first-order valence-electron chi connectivity index (χ1n) is 12.3. The first-order chi connectivity index (χ1) is 18.3. The Morgan fingerprint density at radius 3 is 2.45 bits per heavy atom. The van der Waals surface area contributed by atoms with Crippen LogP contribution in [0.15, 0.2) is 66.7 Å². The summed E-state index contributed by atoms with van der Waals surface area (Å²) < 4.78 is 52.2. The number of hydrogen-bond donors (Lipinski definition) is 2. The minimum Gasteiger partial charge on any atom is -0.493 e. The Hall–Kier alpha value is -3.76. The van der Waals surface area contributed by atoms with Gasteiger partial charge in [-0.25, -0.2) is 4.98 Å². The van der Waals surface area contributed by atoms with Gasteiger partial charge in [-0.15, -0.1) is 13.2 Å². The van der Waals surface area contributed by atoms with Gasteiger partial charge in [0.05, 0.1) is 18.1 Å². The zero-order chi connectivity index (χ0) is 26.7. The molecule has 0 amide bonds. The summed E-state index contributed by atoms with van der Waals surface area (Å²) in [6, 6.07) is 18.7. The lowest BCUT2D eigenvalue weighted by Gasteiger charge is -2.34. The van der Waals surface area contributed by atoms with Crippen LogP contribution in [0.3, 0.4) is 0 Å². The molecule has 38 heavy (non-hydrogen) atoms. The number of nitrogens with zero attached hydrogens (tertiary/aromatic N) is 2. The minimum absolute atomic E-state index is 0.125. The normalized spacial score (nSPS) is 15.9. The van der Waals surface area contributed by atoms with Crippen LogP contribution in [0.4, 0.5) is 13.2 Å². The van der Waals surface area contributed by atoms with E-state index < -0.39 is 12.6 Å². The van der Waals surface area contributed by atoms with Gasteiger partial charge in [0.2, 0.25) is 0 Å². The first kappa shape index (κ1) is 25.9. The molecule has 1 atom stereocenters. The molecule has 10 heteroatoms. The number of fused-ring (bicyclic) bond motifs is 1. The van der Waals surface area contributed by atoms with Crippen LogP contribution in [0.2, 0.25) is 0 Å². The average molecular weight is 528 g/mol. The number of para-hydroxylation sites is 2. The largest absolute Gasteiger partial charge is 0.573 e. The number of rotatable bonds is 8. The molecule has 0 radical (unpaired) electrons. The van der Waals surface area contributed by atoms with Crippen molar-refractivity contribution in [3.05, 3.63) is 83.7 Å². The number of methoxy groups -OCH3 is 1. The van der Waals surface area contributed by atoms with E-state index in [9.17, 15) is 18.3 Å². The summed E-state index contributed by atoms with van der Waals surface area (Å²) in [6.07, 6.45) is -3.78. The number of likely N-dealkylation sites (tertiary alicyclic amines) is 1. The standard InChI is InChI=1S/C28H28F3N3O4/c1-36-25-16-20(8-11-24(25)37-17-18-6-9-21(10-7-18)38-28(29,30)31)27(35)34-14-12-19(13-15-34)26-32-22-4-2-3-5-23(22)33-26/h2-11,16,19,27,35H,12-15,17H2,1H3,(H,32,33). The van der Waals surface area contributed by atoms with Crippen molar-refractivity contribution in [3.8, 4) is 17.2 Å². The van der Waals surface area contributed by atoms with Crippen molar-refractivity contribution < 1.29 is 32.5 Å². The van der Waals surface area contributed by atoms with E-state index in [4.69, 9.17) is 14.5 Å². The quantitative estimate of drug-likeness (QED) is 0.296. The first-order valence-corrected chi connectivity index (χ1v) is 12.3. The van der Waals surface area contributed by atoms with Gasteiger partial charge < -0.3 is 24.3 Å². The van der Waals surface area contributed by atoms with Gasteiger partial charge in [-0.2, -0.15) is 0 Å². The van der Waals surface area contributed by atoms with Crippen LogP contribution in [0.5, 0.6) is 17.2 Å². The van der Waals surface area contributed by atoms with Crippen molar-refractivity contribution >= 4 is 11.0 Å². The molecule has 1 fully saturated rings. The summed E-state index contributed by atoms with van der Waals surface area (Å²) in [5.41, 5.74) is 3.35. The van der Waals surface area contributed by atoms with E-state index in [-0.39, 0.29) is 12.4 Å². The second kappa shape index (κ2) is 10.9. The number of halogens is 3. The van der Waals surface area contributed by atoms with Crippen molar-refractivity contribution in [1.29, 1.82) is 0 Å². The highest BCUT2D eigenvalue weighted by Crippen LogP contribution is 2.35. The highest BCUT2D eigenvalue weighted by molar-refractivity contribution is 5.74. The molecule has 0 spiro atoms. The molecular weight excluding hydrogens is 499 g/mol. The molecule has 0 saturated carbocycles. The van der Waals surface area contributed by atoms with Crippen LogP contribution in [0, 0.1) is 0 Å². The zero-order valence-electron chi connectivity index (χ0n) is 20.7. The summed E-state index contributed by atoms with van der Waals surface area (Å²) in [7, 11) is 1.51. The molecule has 0 bridgehead atoms. The molecule has 0 aliphatic carbocycles. The maximum atomic E-state index is 12.3. The lowest BCUT2D eigenvalue weighted by atomic mass is 9.95. The Labute approximate surface area is 217 Å². The molecule has 3 aromatic carbocycles. The van der Waals surface area contributed by atoms with Crippen molar-refractivity contribution in [3.63, 3.8) is 0 Å². The smallest absolute Gasteiger partial charge is 0.493 e. The molecule has 1 aliphatic rings. The molecule has 1 aromatic heterocycles. The Balaban J connectivity index is 1.18. The minimum atomic E-state index is -4.73.